The molecule has 0 bridgehead atoms. The van der Waals surface area contributed by atoms with E-state index in [-0.39, 0.29) is 28.9 Å². The van der Waals surface area contributed by atoms with Crippen LogP contribution in [-0.4, -0.2) is 29.7 Å². The minimum atomic E-state index is -4.10. The van der Waals surface area contributed by atoms with Gasteiger partial charge in [-0.1, -0.05) is 60.7 Å². The SMILES string of the molecule is N=C(N)c1ccc(CNC(=O)[C@@H]2CCc3ncc(NS(=O)(=O)c4cccc5ccccc45)c(=O)n32)cc1. The zero-order valence-corrected chi connectivity index (χ0v) is 20.5. The number of nitrogen functional groups attached to an aromatic ring is 1. The van der Waals surface area contributed by atoms with E-state index in [4.69, 9.17) is 11.1 Å². The second-order valence-electron chi connectivity index (χ2n) is 8.73. The van der Waals surface area contributed by atoms with Gasteiger partial charge in [-0.3, -0.25) is 24.3 Å². The normalized spacial score (nSPS) is 14.8. The molecule has 0 spiro atoms. The van der Waals surface area contributed by atoms with Gasteiger partial charge < -0.3 is 11.1 Å². The van der Waals surface area contributed by atoms with E-state index in [0.29, 0.717) is 29.6 Å². The van der Waals surface area contributed by atoms with E-state index in [2.05, 4.69) is 15.0 Å². The minimum absolute atomic E-state index is 0.0422. The van der Waals surface area contributed by atoms with Crippen LogP contribution in [0.3, 0.4) is 0 Å². The highest BCUT2D eigenvalue weighted by molar-refractivity contribution is 7.93. The molecule has 1 aliphatic rings. The van der Waals surface area contributed by atoms with Gasteiger partial charge in [-0.15, -0.1) is 0 Å². The molecule has 3 aromatic carbocycles. The second-order valence-corrected chi connectivity index (χ2v) is 10.4. The maximum Gasteiger partial charge on any atom is 0.278 e. The first-order valence-corrected chi connectivity index (χ1v) is 13.0. The number of benzene rings is 3. The second kappa shape index (κ2) is 9.51. The Hall–Kier alpha value is -4.51. The lowest BCUT2D eigenvalue weighted by Crippen LogP contribution is -2.36. The first-order valence-electron chi connectivity index (χ1n) is 11.6. The summed E-state index contributed by atoms with van der Waals surface area (Å²) in [5.74, 6) is 0.00771. The summed E-state index contributed by atoms with van der Waals surface area (Å²) in [6.07, 6.45) is 1.99. The molecule has 1 atom stereocenters. The van der Waals surface area contributed by atoms with Crippen LogP contribution in [0, 0.1) is 5.41 Å². The maximum atomic E-state index is 13.3. The van der Waals surface area contributed by atoms with Gasteiger partial charge in [-0.05, 0) is 23.4 Å². The molecule has 1 amide bonds. The van der Waals surface area contributed by atoms with Gasteiger partial charge in [0.1, 0.15) is 23.4 Å². The van der Waals surface area contributed by atoms with Crippen molar-refractivity contribution in [3.63, 3.8) is 0 Å². The van der Waals surface area contributed by atoms with E-state index >= 15 is 0 Å². The standard InChI is InChI=1S/C26H24N6O4S/c27-24(28)18-10-8-16(9-11-18)14-30-25(33)21-12-13-23-29-15-20(26(34)32(21)23)31-37(35,36)22-7-3-5-17-4-1-2-6-19(17)22/h1-11,15,21,31H,12-14H2,(H3,27,28)(H,30,33)/t21-/m0/s1. The van der Waals surface area contributed by atoms with Gasteiger partial charge in [0.2, 0.25) is 5.91 Å². The van der Waals surface area contributed by atoms with Gasteiger partial charge in [0, 0.05) is 23.9 Å². The number of amidine groups is 1. The summed E-state index contributed by atoms with van der Waals surface area (Å²) >= 11 is 0. The van der Waals surface area contributed by atoms with Crippen LogP contribution in [0.5, 0.6) is 0 Å². The number of nitrogens with one attached hydrogen (secondary N) is 3. The van der Waals surface area contributed by atoms with Crippen LogP contribution in [0.15, 0.2) is 82.6 Å². The van der Waals surface area contributed by atoms with Crippen molar-refractivity contribution >= 4 is 38.2 Å². The Morgan fingerprint density at radius 3 is 2.57 bits per heavy atom. The number of hydrogen-bond acceptors (Lipinski definition) is 6. The monoisotopic (exact) mass is 516 g/mol. The van der Waals surface area contributed by atoms with Crippen LogP contribution in [-0.2, 0) is 27.8 Å². The summed E-state index contributed by atoms with van der Waals surface area (Å²) in [5.41, 5.74) is 6.00. The first kappa shape index (κ1) is 24.2. The third-order valence-electron chi connectivity index (χ3n) is 6.34. The van der Waals surface area contributed by atoms with E-state index in [1.54, 1.807) is 54.6 Å². The molecule has 1 aliphatic heterocycles. The third kappa shape index (κ3) is 4.68. The lowest BCUT2D eigenvalue weighted by Gasteiger charge is -2.16. The molecule has 5 rings (SSSR count). The topological polar surface area (TPSA) is 160 Å². The van der Waals surface area contributed by atoms with Crippen LogP contribution in [0.1, 0.15) is 29.4 Å². The predicted molar refractivity (Wildman–Crippen MR) is 140 cm³/mol. The molecule has 10 nitrogen and oxygen atoms in total. The number of nitrogens with two attached hydrogens (primary N) is 1. The predicted octanol–water partition coefficient (Wildman–Crippen LogP) is 2.29. The number of fused-ring (bicyclic) bond motifs is 2. The summed E-state index contributed by atoms with van der Waals surface area (Å²) in [4.78, 5) is 30.6. The van der Waals surface area contributed by atoms with Gasteiger partial charge in [0.15, 0.2) is 0 Å². The Balaban J connectivity index is 1.38. The maximum absolute atomic E-state index is 13.3. The van der Waals surface area contributed by atoms with Crippen molar-refractivity contribution in [2.75, 3.05) is 4.72 Å². The molecule has 0 unspecified atom stereocenters. The molecule has 0 saturated carbocycles. The third-order valence-corrected chi connectivity index (χ3v) is 7.76. The highest BCUT2D eigenvalue weighted by atomic mass is 32.2. The zero-order chi connectivity index (χ0) is 26.2. The highest BCUT2D eigenvalue weighted by Crippen LogP contribution is 2.26. The van der Waals surface area contributed by atoms with Gasteiger partial charge in [-0.25, -0.2) is 13.4 Å². The van der Waals surface area contributed by atoms with Gasteiger partial charge >= 0.3 is 0 Å². The molecule has 1 aromatic heterocycles. The van der Waals surface area contributed by atoms with Crippen LogP contribution in [0.25, 0.3) is 10.8 Å². The van der Waals surface area contributed by atoms with E-state index in [1.807, 2.05) is 6.07 Å². The van der Waals surface area contributed by atoms with Crippen molar-refractivity contribution in [3.05, 3.63) is 100 Å². The van der Waals surface area contributed by atoms with Crippen molar-refractivity contribution in [2.45, 2.75) is 30.3 Å². The van der Waals surface area contributed by atoms with Crippen LogP contribution in [0.4, 0.5) is 5.69 Å². The molecule has 2 heterocycles. The average Bonchev–Trinajstić information content (AvgIpc) is 3.34. The van der Waals surface area contributed by atoms with Crippen LogP contribution in [0.2, 0.25) is 0 Å². The molecule has 188 valence electrons. The van der Waals surface area contributed by atoms with E-state index in [0.717, 1.165) is 10.9 Å². The molecule has 11 heteroatoms. The van der Waals surface area contributed by atoms with Gasteiger partial charge in [0.05, 0.1) is 11.1 Å². The van der Waals surface area contributed by atoms with Crippen molar-refractivity contribution < 1.29 is 13.2 Å². The molecule has 0 radical (unpaired) electrons. The number of carbonyl (C=O) groups excluding carboxylic acids is 1. The summed E-state index contributed by atoms with van der Waals surface area (Å²) in [6.45, 7) is 0.221. The van der Waals surface area contributed by atoms with Crippen molar-refractivity contribution in [2.24, 2.45) is 5.73 Å². The smallest absolute Gasteiger partial charge is 0.278 e. The van der Waals surface area contributed by atoms with Crippen molar-refractivity contribution in [1.82, 2.24) is 14.9 Å². The summed E-state index contributed by atoms with van der Waals surface area (Å²) in [5, 5.41) is 11.6. The molecular formula is C26H24N6O4S. The number of nitrogens with zero attached hydrogens (tertiary/aromatic N) is 2. The van der Waals surface area contributed by atoms with Gasteiger partial charge in [-0.2, -0.15) is 0 Å². The molecule has 4 aromatic rings. The highest BCUT2D eigenvalue weighted by Gasteiger charge is 2.32. The fraction of sp³-hybridized carbons (Fsp3) is 0.154. The van der Waals surface area contributed by atoms with Crippen LogP contribution >= 0.6 is 0 Å². The number of hydrogen-bond donors (Lipinski definition) is 4. The Kier molecular flexibility index (Phi) is 6.22. The van der Waals surface area contributed by atoms with Crippen LogP contribution < -0.4 is 21.3 Å². The van der Waals surface area contributed by atoms with Crippen molar-refractivity contribution in [1.29, 1.82) is 5.41 Å². The Morgan fingerprint density at radius 1 is 1.08 bits per heavy atom. The Bertz CT molecular complexity index is 1690. The number of carbonyl (C=O) groups is 1. The number of anilines is 1. The molecule has 0 fully saturated rings. The average molecular weight is 517 g/mol. The molecule has 37 heavy (non-hydrogen) atoms. The van der Waals surface area contributed by atoms with Crippen molar-refractivity contribution in [3.8, 4) is 0 Å². The molecular weight excluding hydrogens is 492 g/mol. The number of aromatic nitrogens is 2. The fourth-order valence-electron chi connectivity index (χ4n) is 4.46. The molecule has 5 N–H and O–H groups in total. The largest absolute Gasteiger partial charge is 0.384 e. The number of rotatable bonds is 7. The number of sulfonamides is 1. The number of aryl methyl sites for hydroxylation is 1. The molecule has 0 aliphatic carbocycles. The summed E-state index contributed by atoms with van der Waals surface area (Å²) in [6, 6.07) is 18.1. The Labute approximate surface area is 212 Å². The Morgan fingerprint density at radius 2 is 1.81 bits per heavy atom. The quantitative estimate of drug-likeness (QED) is 0.218. The zero-order valence-electron chi connectivity index (χ0n) is 19.6. The first-order chi connectivity index (χ1) is 17.7. The number of amides is 1. The lowest BCUT2D eigenvalue weighted by atomic mass is 10.1. The lowest BCUT2D eigenvalue weighted by molar-refractivity contribution is -0.124. The molecule has 0 saturated heterocycles. The summed E-state index contributed by atoms with van der Waals surface area (Å²) < 4.78 is 30.1. The van der Waals surface area contributed by atoms with E-state index in [9.17, 15) is 18.0 Å². The summed E-state index contributed by atoms with van der Waals surface area (Å²) in [7, 11) is -4.10. The van der Waals surface area contributed by atoms with Gasteiger partial charge in [0.25, 0.3) is 15.6 Å². The van der Waals surface area contributed by atoms with E-state index in [1.165, 1.54) is 16.8 Å². The van der Waals surface area contributed by atoms with E-state index < -0.39 is 21.6 Å². The fourth-order valence-corrected chi connectivity index (χ4v) is 5.73. The minimum Gasteiger partial charge on any atom is -0.384 e.